The molecule has 1 atom stereocenters. The maximum atomic E-state index is 14.7. The first-order valence-corrected chi connectivity index (χ1v) is 8.85. The lowest BCUT2D eigenvalue weighted by atomic mass is 10.0. The van der Waals surface area contributed by atoms with Gasteiger partial charge in [-0.25, -0.2) is 4.39 Å². The number of rotatable bonds is 6. The summed E-state index contributed by atoms with van der Waals surface area (Å²) < 4.78 is 63.4. The summed E-state index contributed by atoms with van der Waals surface area (Å²) in [4.78, 5) is 24.1. The molecule has 0 aliphatic heterocycles. The quantitative estimate of drug-likeness (QED) is 0.376. The van der Waals surface area contributed by atoms with Crippen molar-refractivity contribution in [3.63, 3.8) is 0 Å². The molecule has 1 aromatic carbocycles. The predicted molar refractivity (Wildman–Crippen MR) is 96.3 cm³/mol. The zero-order valence-electron chi connectivity index (χ0n) is 15.0. The first-order chi connectivity index (χ1) is 13.5. The summed E-state index contributed by atoms with van der Waals surface area (Å²) in [5.41, 5.74) is -3.24. The second-order valence-corrected chi connectivity index (χ2v) is 6.55. The molecule has 0 aliphatic rings. The molecule has 158 valence electrons. The number of ether oxygens (including phenoxy) is 2. The van der Waals surface area contributed by atoms with Gasteiger partial charge in [-0.05, 0) is 13.0 Å². The van der Waals surface area contributed by atoms with Crippen molar-refractivity contribution in [2.24, 2.45) is 0 Å². The Morgan fingerprint density at radius 2 is 2.00 bits per heavy atom. The van der Waals surface area contributed by atoms with Crippen LogP contribution in [0.25, 0.3) is 5.69 Å². The Morgan fingerprint density at radius 1 is 1.34 bits per heavy atom. The van der Waals surface area contributed by atoms with Crippen molar-refractivity contribution < 1.29 is 31.8 Å². The average molecular weight is 457 g/mol. The fourth-order valence-corrected chi connectivity index (χ4v) is 3.01. The van der Waals surface area contributed by atoms with Gasteiger partial charge in [-0.3, -0.25) is 9.59 Å². The summed E-state index contributed by atoms with van der Waals surface area (Å²) in [5, 5.41) is 1.90. The molecule has 0 spiro atoms. The van der Waals surface area contributed by atoms with Gasteiger partial charge in [0.15, 0.2) is 5.82 Å². The summed E-state index contributed by atoms with van der Waals surface area (Å²) in [6.45, 7) is 1.59. The van der Waals surface area contributed by atoms with Crippen LogP contribution < -0.4 is 10.3 Å². The molecule has 2 aromatic rings. The molecule has 0 N–H and O–H groups in total. The highest BCUT2D eigenvalue weighted by Crippen LogP contribution is 2.36. The van der Waals surface area contributed by atoms with Crippen LogP contribution >= 0.6 is 23.2 Å². The molecular weight excluding hydrogens is 443 g/mol. The molecule has 6 nitrogen and oxygen atoms in total. The van der Waals surface area contributed by atoms with Gasteiger partial charge < -0.3 is 9.47 Å². The van der Waals surface area contributed by atoms with E-state index in [2.05, 4.69) is 5.10 Å². The monoisotopic (exact) mass is 456 g/mol. The lowest BCUT2D eigenvalue weighted by molar-refractivity contribution is -0.142. The van der Waals surface area contributed by atoms with E-state index in [1.54, 1.807) is 6.92 Å². The zero-order chi connectivity index (χ0) is 21.9. The minimum atomic E-state index is -4.81. The molecule has 0 bridgehead atoms. The molecule has 1 heterocycles. The molecule has 1 aromatic heterocycles. The first-order valence-electron chi connectivity index (χ1n) is 8.03. The Balaban J connectivity index is 2.69. The van der Waals surface area contributed by atoms with Crippen LogP contribution in [0.15, 0.2) is 23.1 Å². The average Bonchev–Trinajstić information content (AvgIpc) is 2.62. The summed E-state index contributed by atoms with van der Waals surface area (Å²) in [5.74, 6) is -2.02. The van der Waals surface area contributed by atoms with Gasteiger partial charge >= 0.3 is 12.1 Å². The Hall–Kier alpha value is -2.33. The molecule has 12 heteroatoms. The number of alkyl halides is 4. The number of hydrogen-bond donors (Lipinski definition) is 0. The Morgan fingerprint density at radius 3 is 2.52 bits per heavy atom. The molecule has 1 unspecified atom stereocenters. The van der Waals surface area contributed by atoms with E-state index in [0.29, 0.717) is 10.9 Å². The number of carbonyl (C=O) groups excluding carboxylic acids is 1. The molecule has 2 rings (SSSR count). The van der Waals surface area contributed by atoms with E-state index in [0.717, 1.165) is 6.07 Å². The van der Waals surface area contributed by atoms with E-state index in [9.17, 15) is 27.2 Å². The van der Waals surface area contributed by atoms with Gasteiger partial charge in [-0.15, -0.1) is 11.6 Å². The van der Waals surface area contributed by atoms with Crippen LogP contribution in [0.1, 0.15) is 18.1 Å². The van der Waals surface area contributed by atoms with Crippen LogP contribution in [0, 0.1) is 5.82 Å². The van der Waals surface area contributed by atoms with Crippen molar-refractivity contribution in [2.45, 2.75) is 24.9 Å². The fourth-order valence-electron chi connectivity index (χ4n) is 2.51. The molecule has 0 aliphatic carbocycles. The molecule has 0 saturated heterocycles. The largest absolute Gasteiger partial charge is 0.495 e. The third-order valence-corrected chi connectivity index (χ3v) is 4.34. The number of aromatic nitrogens is 2. The zero-order valence-corrected chi connectivity index (χ0v) is 16.5. The van der Waals surface area contributed by atoms with Crippen molar-refractivity contribution in [1.82, 2.24) is 9.78 Å². The second-order valence-electron chi connectivity index (χ2n) is 5.62. The van der Waals surface area contributed by atoms with E-state index in [-0.39, 0.29) is 29.0 Å². The van der Waals surface area contributed by atoms with Crippen molar-refractivity contribution in [3.8, 4) is 11.4 Å². The Kier molecular flexibility index (Phi) is 7.12. The standard InChI is InChI=1S/C17H14Cl2F4N2O4/c1-3-29-16(27)11(19)5-9-14(12(20)6-10(18)15(9)28-2)25-13(26)4-8(7-24-25)17(21,22)23/h4,6-7,11H,3,5H2,1-2H3. The highest BCUT2D eigenvalue weighted by atomic mass is 35.5. The molecule has 0 saturated carbocycles. The molecule has 0 fully saturated rings. The summed E-state index contributed by atoms with van der Waals surface area (Å²) >= 11 is 12.0. The number of carbonyl (C=O) groups is 1. The van der Waals surface area contributed by atoms with Gasteiger partial charge in [0.2, 0.25) is 0 Å². The van der Waals surface area contributed by atoms with Crippen molar-refractivity contribution >= 4 is 29.2 Å². The van der Waals surface area contributed by atoms with Gasteiger partial charge in [0.05, 0.1) is 30.5 Å². The highest BCUT2D eigenvalue weighted by molar-refractivity contribution is 6.32. The topological polar surface area (TPSA) is 70.4 Å². The van der Waals surface area contributed by atoms with Crippen LogP contribution in [0.5, 0.6) is 5.75 Å². The van der Waals surface area contributed by atoms with Crippen LogP contribution in [0.3, 0.4) is 0 Å². The molecule has 29 heavy (non-hydrogen) atoms. The number of halogens is 6. The van der Waals surface area contributed by atoms with Crippen molar-refractivity contribution in [1.29, 1.82) is 0 Å². The minimum Gasteiger partial charge on any atom is -0.495 e. The Bertz CT molecular complexity index is 979. The van der Waals surface area contributed by atoms with Gasteiger partial charge in [0, 0.05) is 18.1 Å². The van der Waals surface area contributed by atoms with E-state index < -0.39 is 46.6 Å². The van der Waals surface area contributed by atoms with Gasteiger partial charge in [-0.1, -0.05) is 11.6 Å². The molecule has 0 radical (unpaired) electrons. The van der Waals surface area contributed by atoms with Crippen molar-refractivity contribution in [3.05, 3.63) is 50.7 Å². The number of hydrogen-bond acceptors (Lipinski definition) is 5. The number of esters is 1. The first kappa shape index (κ1) is 23.0. The van der Waals surface area contributed by atoms with Crippen LogP contribution in [0.4, 0.5) is 17.6 Å². The lowest BCUT2D eigenvalue weighted by Gasteiger charge is -2.19. The Labute approximate surface area is 171 Å². The number of nitrogens with zero attached hydrogens (tertiary/aromatic N) is 2. The van der Waals surface area contributed by atoms with Gasteiger partial charge in [0.25, 0.3) is 5.56 Å². The predicted octanol–water partition coefficient (Wildman–Crippen LogP) is 3.77. The van der Waals surface area contributed by atoms with E-state index in [1.165, 1.54) is 7.11 Å². The third-order valence-electron chi connectivity index (χ3n) is 3.73. The fraction of sp³-hybridized carbons (Fsp3) is 0.353. The van der Waals surface area contributed by atoms with Crippen LogP contribution in [-0.2, 0) is 22.1 Å². The van der Waals surface area contributed by atoms with E-state index >= 15 is 0 Å². The van der Waals surface area contributed by atoms with Crippen molar-refractivity contribution in [2.75, 3.05) is 13.7 Å². The van der Waals surface area contributed by atoms with Gasteiger partial charge in [-0.2, -0.15) is 23.0 Å². The SMILES string of the molecule is CCOC(=O)C(Cl)Cc1c(OC)c(Cl)cc(F)c1-n1ncc(C(F)(F)F)cc1=O. The third kappa shape index (κ3) is 4.99. The van der Waals surface area contributed by atoms with Gasteiger partial charge in [0.1, 0.15) is 16.8 Å². The lowest BCUT2D eigenvalue weighted by Crippen LogP contribution is -2.27. The summed E-state index contributed by atoms with van der Waals surface area (Å²) in [7, 11) is 1.20. The van der Waals surface area contributed by atoms with Crippen LogP contribution in [0.2, 0.25) is 5.02 Å². The minimum absolute atomic E-state index is 0.0376. The summed E-state index contributed by atoms with van der Waals surface area (Å²) in [6, 6.07) is 1.07. The normalized spacial score (nSPS) is 12.6. The smallest absolute Gasteiger partial charge is 0.418 e. The summed E-state index contributed by atoms with van der Waals surface area (Å²) in [6.07, 6.45) is -4.84. The molecule has 0 amide bonds. The number of benzene rings is 1. The molecular formula is C17H14Cl2F4N2O4. The van der Waals surface area contributed by atoms with E-state index in [1.807, 2.05) is 0 Å². The van der Waals surface area contributed by atoms with E-state index in [4.69, 9.17) is 32.7 Å². The maximum absolute atomic E-state index is 14.7. The second kappa shape index (κ2) is 9.00. The van der Waals surface area contributed by atoms with Crippen LogP contribution in [-0.4, -0.2) is 34.8 Å². The maximum Gasteiger partial charge on any atom is 0.418 e. The highest BCUT2D eigenvalue weighted by Gasteiger charge is 2.33. The number of methoxy groups -OCH3 is 1.